The lowest BCUT2D eigenvalue weighted by atomic mass is 9.36. The first kappa shape index (κ1) is 29.9. The van der Waals surface area contributed by atoms with Gasteiger partial charge in [-0.05, 0) is 63.2 Å². The van der Waals surface area contributed by atoms with Crippen LogP contribution in [0.5, 0.6) is 0 Å². The van der Waals surface area contributed by atoms with Gasteiger partial charge in [-0.2, -0.15) is 0 Å². The van der Waals surface area contributed by atoms with Crippen LogP contribution >= 0.6 is 0 Å². The molecule has 4 rings (SSSR count). The maximum Gasteiger partial charge on any atom is 0.330 e. The summed E-state index contributed by atoms with van der Waals surface area (Å²) in [5, 5.41) is 0. The zero-order chi connectivity index (χ0) is 28.2. The van der Waals surface area contributed by atoms with Crippen LogP contribution in [0.25, 0.3) is 0 Å². The lowest BCUT2D eigenvalue weighted by Gasteiger charge is -2.67. The molecule has 0 amide bonds. The number of hydrogen-bond acceptors (Lipinski definition) is 8. The Morgan fingerprint density at radius 3 is 1.29 bits per heavy atom. The molecule has 0 aliphatic heterocycles. The molecule has 8 nitrogen and oxygen atoms in total. The molecule has 0 aromatic heterocycles. The van der Waals surface area contributed by atoms with Crippen LogP contribution in [0.1, 0.15) is 80.1 Å². The molecule has 2 unspecified atom stereocenters. The average molecular weight is 533 g/mol. The molecule has 4 fully saturated rings. The molecule has 4 bridgehead atoms. The maximum atomic E-state index is 13.6. The molecule has 212 valence electrons. The van der Waals surface area contributed by atoms with E-state index in [0.717, 1.165) is 6.42 Å². The van der Waals surface area contributed by atoms with E-state index in [1.165, 1.54) is 12.2 Å². The van der Waals surface area contributed by atoms with E-state index < -0.39 is 22.8 Å². The van der Waals surface area contributed by atoms with E-state index in [-0.39, 0.29) is 61.0 Å². The minimum absolute atomic E-state index is 0.143. The number of carbonyl (C=O) groups is 4. The van der Waals surface area contributed by atoms with E-state index in [1.807, 2.05) is 13.8 Å². The predicted molar refractivity (Wildman–Crippen MR) is 141 cm³/mol. The summed E-state index contributed by atoms with van der Waals surface area (Å²) in [5.41, 5.74) is -1.76. The maximum absolute atomic E-state index is 13.6. The number of carbonyl (C=O) groups excluding carboxylic acids is 4. The van der Waals surface area contributed by atoms with Gasteiger partial charge in [0.1, 0.15) is 0 Å². The summed E-state index contributed by atoms with van der Waals surface area (Å²) >= 11 is 0. The summed E-state index contributed by atoms with van der Waals surface area (Å²) in [6, 6.07) is 0. The fraction of sp³-hybridized carbons (Fsp3) is 0.733. The van der Waals surface area contributed by atoms with Gasteiger partial charge in [0, 0.05) is 24.0 Å². The number of rotatable bonds is 12. The Labute approximate surface area is 226 Å². The van der Waals surface area contributed by atoms with Crippen molar-refractivity contribution in [3.05, 3.63) is 24.3 Å². The van der Waals surface area contributed by atoms with Crippen molar-refractivity contribution >= 4 is 23.9 Å². The second kappa shape index (κ2) is 11.6. The van der Waals surface area contributed by atoms with Gasteiger partial charge in [0.05, 0.1) is 37.3 Å². The van der Waals surface area contributed by atoms with Gasteiger partial charge in [0.2, 0.25) is 0 Å². The third-order valence-corrected chi connectivity index (χ3v) is 8.08. The molecule has 0 saturated heterocycles. The third kappa shape index (κ3) is 6.86. The van der Waals surface area contributed by atoms with Crippen LogP contribution in [0, 0.1) is 33.5 Å². The van der Waals surface area contributed by atoms with Crippen LogP contribution in [0.2, 0.25) is 0 Å². The fourth-order valence-corrected chi connectivity index (χ4v) is 7.78. The third-order valence-electron chi connectivity index (χ3n) is 8.08. The van der Waals surface area contributed by atoms with Gasteiger partial charge in [0.15, 0.2) is 0 Å². The summed E-state index contributed by atoms with van der Waals surface area (Å²) < 4.78 is 22.0. The standard InChI is InChI=1S/C30H44O8/c1-7-9-23(31)35-11-21(3)13-37-25(33)29-16-27(5)15-28(6,17-29)19-30(18-27,20-29)26(34)38-14-22(4)12-36-24(32)10-8-2/h7-10,21-22H,11-20H2,1-6H3. The average Bonchev–Trinajstić information content (AvgIpc) is 2.81. The van der Waals surface area contributed by atoms with Crippen molar-refractivity contribution < 1.29 is 38.1 Å². The Morgan fingerprint density at radius 1 is 0.605 bits per heavy atom. The quantitative estimate of drug-likeness (QED) is 0.198. The molecule has 4 aliphatic rings. The molecule has 8 heteroatoms. The summed E-state index contributed by atoms with van der Waals surface area (Å²) in [5.74, 6) is -1.65. The number of allylic oxidation sites excluding steroid dienone is 2. The van der Waals surface area contributed by atoms with Crippen LogP contribution in [0.15, 0.2) is 24.3 Å². The molecule has 2 atom stereocenters. The van der Waals surface area contributed by atoms with E-state index in [1.54, 1.807) is 26.0 Å². The summed E-state index contributed by atoms with van der Waals surface area (Å²) in [6.45, 7) is 12.2. The Hall–Kier alpha value is -2.64. The van der Waals surface area contributed by atoms with Crippen molar-refractivity contribution in [2.45, 2.75) is 80.1 Å². The summed E-state index contributed by atoms with van der Waals surface area (Å²) in [7, 11) is 0. The highest BCUT2D eigenvalue weighted by Crippen LogP contribution is 2.74. The van der Waals surface area contributed by atoms with Gasteiger partial charge in [-0.1, -0.05) is 39.8 Å². The Balaban J connectivity index is 1.65. The molecule has 0 aromatic carbocycles. The van der Waals surface area contributed by atoms with E-state index in [4.69, 9.17) is 18.9 Å². The molecule has 0 heterocycles. The zero-order valence-corrected chi connectivity index (χ0v) is 23.8. The monoisotopic (exact) mass is 532 g/mol. The van der Waals surface area contributed by atoms with Crippen molar-refractivity contribution in [2.24, 2.45) is 33.5 Å². The molecule has 0 spiro atoms. The predicted octanol–water partition coefficient (Wildman–Crippen LogP) is 4.95. The van der Waals surface area contributed by atoms with Crippen molar-refractivity contribution in [1.29, 1.82) is 0 Å². The van der Waals surface area contributed by atoms with E-state index in [2.05, 4.69) is 13.8 Å². The smallest absolute Gasteiger partial charge is 0.330 e. The SMILES string of the molecule is CC=CC(=O)OCC(C)COC(=O)C12CC3(C)CC(C)(C1)CC(C(=O)OCC(C)COC(=O)C=CC)(C3)C2. The summed E-state index contributed by atoms with van der Waals surface area (Å²) in [4.78, 5) is 50.4. The van der Waals surface area contributed by atoms with Crippen LogP contribution in [-0.4, -0.2) is 50.3 Å². The normalized spacial score (nSPS) is 33.2. The van der Waals surface area contributed by atoms with Crippen molar-refractivity contribution in [3.8, 4) is 0 Å². The lowest BCUT2D eigenvalue weighted by Crippen LogP contribution is -2.64. The summed E-state index contributed by atoms with van der Waals surface area (Å²) in [6.07, 6.45) is 10.1. The minimum atomic E-state index is -0.730. The van der Waals surface area contributed by atoms with E-state index in [0.29, 0.717) is 32.1 Å². The molecule has 0 radical (unpaired) electrons. The van der Waals surface area contributed by atoms with Gasteiger partial charge in [-0.25, -0.2) is 9.59 Å². The second-order valence-corrected chi connectivity index (χ2v) is 12.9. The van der Waals surface area contributed by atoms with Gasteiger partial charge < -0.3 is 18.9 Å². The molecule has 4 saturated carbocycles. The van der Waals surface area contributed by atoms with Crippen LogP contribution in [0.3, 0.4) is 0 Å². The van der Waals surface area contributed by atoms with E-state index in [9.17, 15) is 19.2 Å². The van der Waals surface area contributed by atoms with Crippen molar-refractivity contribution in [2.75, 3.05) is 26.4 Å². The highest BCUT2D eigenvalue weighted by Gasteiger charge is 2.70. The van der Waals surface area contributed by atoms with Gasteiger partial charge in [0.25, 0.3) is 0 Å². The number of esters is 4. The first-order valence-electron chi connectivity index (χ1n) is 13.7. The molecule has 0 aromatic rings. The number of ether oxygens (including phenoxy) is 4. The zero-order valence-electron chi connectivity index (χ0n) is 23.8. The molecule has 0 N–H and O–H groups in total. The van der Waals surface area contributed by atoms with Crippen LogP contribution in [0.4, 0.5) is 0 Å². The minimum Gasteiger partial charge on any atom is -0.465 e. The Morgan fingerprint density at radius 2 is 0.947 bits per heavy atom. The largest absolute Gasteiger partial charge is 0.465 e. The Kier molecular flexibility index (Phi) is 9.15. The molecule has 4 aliphatic carbocycles. The van der Waals surface area contributed by atoms with E-state index >= 15 is 0 Å². The Bertz CT molecular complexity index is 889. The van der Waals surface area contributed by atoms with Gasteiger partial charge >= 0.3 is 23.9 Å². The first-order chi connectivity index (χ1) is 17.8. The molecular formula is C30H44O8. The molecular weight excluding hydrogens is 488 g/mol. The van der Waals surface area contributed by atoms with Gasteiger partial charge in [-0.15, -0.1) is 0 Å². The van der Waals surface area contributed by atoms with Gasteiger partial charge in [-0.3, -0.25) is 9.59 Å². The first-order valence-corrected chi connectivity index (χ1v) is 13.7. The lowest BCUT2D eigenvalue weighted by molar-refractivity contribution is -0.222. The molecule has 38 heavy (non-hydrogen) atoms. The highest BCUT2D eigenvalue weighted by atomic mass is 16.6. The fourth-order valence-electron chi connectivity index (χ4n) is 7.78. The van der Waals surface area contributed by atoms with Crippen molar-refractivity contribution in [1.82, 2.24) is 0 Å². The van der Waals surface area contributed by atoms with Crippen LogP contribution < -0.4 is 0 Å². The second-order valence-electron chi connectivity index (χ2n) is 12.9. The van der Waals surface area contributed by atoms with Crippen molar-refractivity contribution in [3.63, 3.8) is 0 Å². The number of hydrogen-bond donors (Lipinski definition) is 0. The topological polar surface area (TPSA) is 105 Å². The highest BCUT2D eigenvalue weighted by molar-refractivity contribution is 5.84. The van der Waals surface area contributed by atoms with Crippen LogP contribution in [-0.2, 0) is 38.1 Å².